The summed E-state index contributed by atoms with van der Waals surface area (Å²) in [6, 6.07) is 0.336. The van der Waals surface area contributed by atoms with Gasteiger partial charge in [-0.15, -0.1) is 12.4 Å². The Balaban J connectivity index is 0.00000144. The van der Waals surface area contributed by atoms with Gasteiger partial charge < -0.3 is 10.6 Å². The molecule has 1 aliphatic heterocycles. The van der Waals surface area contributed by atoms with Crippen LogP contribution in [0, 0.1) is 22.7 Å². The monoisotopic (exact) mass is 260 g/mol. The number of halogens is 1. The SMILES string of the molecule is CC(C(=O)NC1C(C)(C)C1(C)C)C1CNC1.Cl. The van der Waals surface area contributed by atoms with Crippen LogP contribution in [0.2, 0.25) is 0 Å². The van der Waals surface area contributed by atoms with Crippen LogP contribution >= 0.6 is 12.4 Å². The number of hydrogen-bond donors (Lipinski definition) is 2. The van der Waals surface area contributed by atoms with Crippen LogP contribution in [0.3, 0.4) is 0 Å². The first-order chi connectivity index (χ1) is 7.28. The molecule has 17 heavy (non-hydrogen) atoms. The topological polar surface area (TPSA) is 41.1 Å². The van der Waals surface area contributed by atoms with Crippen molar-refractivity contribution in [3.63, 3.8) is 0 Å². The molecule has 0 aromatic heterocycles. The van der Waals surface area contributed by atoms with Crippen molar-refractivity contribution in [1.29, 1.82) is 0 Å². The Morgan fingerprint density at radius 1 is 1.24 bits per heavy atom. The molecule has 0 radical (unpaired) electrons. The Kier molecular flexibility index (Phi) is 3.85. The number of carbonyl (C=O) groups excluding carboxylic acids is 1. The van der Waals surface area contributed by atoms with Crippen molar-refractivity contribution >= 4 is 18.3 Å². The normalized spacial score (nSPS) is 27.6. The van der Waals surface area contributed by atoms with Crippen LogP contribution in [0.15, 0.2) is 0 Å². The van der Waals surface area contributed by atoms with Crippen molar-refractivity contribution in [2.75, 3.05) is 13.1 Å². The summed E-state index contributed by atoms with van der Waals surface area (Å²) in [7, 11) is 0. The Hall–Kier alpha value is -0.280. The molecule has 0 spiro atoms. The average molecular weight is 261 g/mol. The molecule has 3 nitrogen and oxygen atoms in total. The molecule has 1 unspecified atom stereocenters. The van der Waals surface area contributed by atoms with Gasteiger partial charge in [-0.2, -0.15) is 0 Å². The average Bonchev–Trinajstić information content (AvgIpc) is 2.44. The van der Waals surface area contributed by atoms with Gasteiger partial charge in [-0.25, -0.2) is 0 Å². The van der Waals surface area contributed by atoms with Crippen LogP contribution in [0.25, 0.3) is 0 Å². The number of carbonyl (C=O) groups is 1. The van der Waals surface area contributed by atoms with E-state index in [1.54, 1.807) is 0 Å². The van der Waals surface area contributed by atoms with Gasteiger partial charge in [0.2, 0.25) is 5.91 Å². The zero-order chi connectivity index (χ0) is 12.1. The van der Waals surface area contributed by atoms with Gasteiger partial charge in [0.1, 0.15) is 0 Å². The molecule has 0 aromatic rings. The number of nitrogens with one attached hydrogen (secondary N) is 2. The highest BCUT2D eigenvalue weighted by atomic mass is 35.5. The Morgan fingerprint density at radius 3 is 2.00 bits per heavy atom. The molecule has 0 bridgehead atoms. The number of hydrogen-bond acceptors (Lipinski definition) is 2. The minimum absolute atomic E-state index is 0. The third-order valence-corrected chi connectivity index (χ3v) is 5.24. The van der Waals surface area contributed by atoms with E-state index in [-0.39, 0.29) is 35.1 Å². The lowest BCUT2D eigenvalue weighted by Gasteiger charge is -2.32. The van der Waals surface area contributed by atoms with Gasteiger partial charge >= 0.3 is 0 Å². The first-order valence-electron chi connectivity index (χ1n) is 6.29. The molecule has 1 saturated heterocycles. The summed E-state index contributed by atoms with van der Waals surface area (Å²) in [5.41, 5.74) is 0.473. The standard InChI is InChI=1S/C13H24N2O.ClH/c1-8(9-6-14-7-9)10(16)15-11-12(2,3)13(11,4)5;/h8-9,11,14H,6-7H2,1-5H3,(H,15,16);1H. The fourth-order valence-corrected chi connectivity index (χ4v) is 2.71. The van der Waals surface area contributed by atoms with Gasteiger partial charge in [0.25, 0.3) is 0 Å². The zero-order valence-corrected chi connectivity index (χ0v) is 12.3. The lowest BCUT2D eigenvalue weighted by atomic mass is 9.88. The lowest BCUT2D eigenvalue weighted by Crippen LogP contribution is -2.50. The second kappa shape index (κ2) is 4.43. The van der Waals surface area contributed by atoms with Crippen molar-refractivity contribution < 1.29 is 4.79 Å². The second-order valence-corrected chi connectivity index (χ2v) is 6.59. The molecule has 1 aliphatic carbocycles. The molecule has 1 saturated carbocycles. The Labute approximate surface area is 111 Å². The van der Waals surface area contributed by atoms with Crippen molar-refractivity contribution in [2.45, 2.75) is 40.7 Å². The minimum Gasteiger partial charge on any atom is -0.352 e. The lowest BCUT2D eigenvalue weighted by molar-refractivity contribution is -0.127. The smallest absolute Gasteiger partial charge is 0.223 e. The summed E-state index contributed by atoms with van der Waals surface area (Å²) in [6.45, 7) is 12.9. The summed E-state index contributed by atoms with van der Waals surface area (Å²) in [6.07, 6.45) is 0. The van der Waals surface area contributed by atoms with Crippen molar-refractivity contribution in [1.82, 2.24) is 10.6 Å². The van der Waals surface area contributed by atoms with Crippen LogP contribution in [0.1, 0.15) is 34.6 Å². The van der Waals surface area contributed by atoms with Crippen molar-refractivity contribution in [3.8, 4) is 0 Å². The molecule has 2 N–H and O–H groups in total. The van der Waals surface area contributed by atoms with Gasteiger partial charge in [-0.3, -0.25) is 4.79 Å². The summed E-state index contributed by atoms with van der Waals surface area (Å²) < 4.78 is 0. The van der Waals surface area contributed by atoms with Crippen LogP contribution in [0.5, 0.6) is 0 Å². The third-order valence-electron chi connectivity index (χ3n) is 5.24. The third kappa shape index (κ3) is 2.19. The maximum absolute atomic E-state index is 12.1. The van der Waals surface area contributed by atoms with Gasteiger partial charge in [0, 0.05) is 12.0 Å². The van der Waals surface area contributed by atoms with E-state index in [1.807, 2.05) is 6.92 Å². The van der Waals surface area contributed by atoms with E-state index in [9.17, 15) is 4.79 Å². The fourth-order valence-electron chi connectivity index (χ4n) is 2.71. The zero-order valence-electron chi connectivity index (χ0n) is 11.5. The van der Waals surface area contributed by atoms with E-state index in [0.29, 0.717) is 12.0 Å². The molecule has 4 heteroatoms. The molecule has 2 rings (SSSR count). The predicted molar refractivity (Wildman–Crippen MR) is 72.3 cm³/mol. The van der Waals surface area contributed by atoms with E-state index in [1.165, 1.54) is 0 Å². The first-order valence-corrected chi connectivity index (χ1v) is 6.29. The molecule has 1 amide bonds. The fraction of sp³-hybridized carbons (Fsp3) is 0.923. The molecule has 0 aromatic carbocycles. The minimum atomic E-state index is 0. The maximum Gasteiger partial charge on any atom is 0.223 e. The molecule has 2 fully saturated rings. The quantitative estimate of drug-likeness (QED) is 0.813. The van der Waals surface area contributed by atoms with Crippen LogP contribution in [-0.4, -0.2) is 25.0 Å². The molecule has 1 heterocycles. The first kappa shape index (κ1) is 14.8. The van der Waals surface area contributed by atoms with E-state index < -0.39 is 0 Å². The highest BCUT2D eigenvalue weighted by Gasteiger charge is 2.65. The van der Waals surface area contributed by atoms with Crippen LogP contribution in [-0.2, 0) is 4.79 Å². The molecule has 100 valence electrons. The highest BCUT2D eigenvalue weighted by Crippen LogP contribution is 2.62. The number of rotatable bonds is 3. The van der Waals surface area contributed by atoms with E-state index in [2.05, 4.69) is 38.3 Å². The van der Waals surface area contributed by atoms with E-state index in [4.69, 9.17) is 0 Å². The predicted octanol–water partition coefficient (Wildman–Crippen LogP) is 1.81. The summed E-state index contributed by atoms with van der Waals surface area (Å²) in [5, 5.41) is 6.44. The number of amides is 1. The molecule has 1 atom stereocenters. The van der Waals surface area contributed by atoms with E-state index in [0.717, 1.165) is 13.1 Å². The van der Waals surface area contributed by atoms with Gasteiger partial charge in [-0.1, -0.05) is 34.6 Å². The Bertz CT molecular complexity index is 297. The molecule has 2 aliphatic rings. The summed E-state index contributed by atoms with van der Waals surface area (Å²) in [5.74, 6) is 0.911. The molecular weight excluding hydrogens is 236 g/mol. The highest BCUT2D eigenvalue weighted by molar-refractivity contribution is 5.85. The van der Waals surface area contributed by atoms with Crippen molar-refractivity contribution in [2.24, 2.45) is 22.7 Å². The van der Waals surface area contributed by atoms with Crippen molar-refractivity contribution in [3.05, 3.63) is 0 Å². The second-order valence-electron chi connectivity index (χ2n) is 6.59. The van der Waals surface area contributed by atoms with Gasteiger partial charge in [-0.05, 0) is 29.8 Å². The Morgan fingerprint density at radius 2 is 1.71 bits per heavy atom. The van der Waals surface area contributed by atoms with Crippen LogP contribution in [0.4, 0.5) is 0 Å². The van der Waals surface area contributed by atoms with Crippen LogP contribution < -0.4 is 10.6 Å². The summed E-state index contributed by atoms with van der Waals surface area (Å²) >= 11 is 0. The maximum atomic E-state index is 12.1. The van der Waals surface area contributed by atoms with E-state index >= 15 is 0 Å². The molecular formula is C13H25ClN2O. The van der Waals surface area contributed by atoms with Gasteiger partial charge in [0.15, 0.2) is 0 Å². The largest absolute Gasteiger partial charge is 0.352 e. The van der Waals surface area contributed by atoms with Gasteiger partial charge in [0.05, 0.1) is 0 Å². The summed E-state index contributed by atoms with van der Waals surface area (Å²) in [4.78, 5) is 12.1.